The van der Waals surface area contributed by atoms with E-state index in [1.54, 1.807) is 19.1 Å². The van der Waals surface area contributed by atoms with Crippen LogP contribution < -0.4 is 0 Å². The highest BCUT2D eigenvalue weighted by Crippen LogP contribution is 2.16. The predicted molar refractivity (Wildman–Crippen MR) is 56.6 cm³/mol. The zero-order valence-electron chi connectivity index (χ0n) is 8.27. The first kappa shape index (κ1) is 11.3. The average molecular weight is 214 g/mol. The molecule has 0 aliphatic rings. The van der Waals surface area contributed by atoms with Crippen molar-refractivity contribution in [1.29, 1.82) is 0 Å². The van der Waals surface area contributed by atoms with Gasteiger partial charge in [0.2, 0.25) is 5.78 Å². The van der Waals surface area contributed by atoms with Crippen molar-refractivity contribution in [2.24, 2.45) is 0 Å². The van der Waals surface area contributed by atoms with Crippen LogP contribution in [0.4, 0.5) is 0 Å². The molecule has 1 aromatic heterocycles. The van der Waals surface area contributed by atoms with E-state index in [1.807, 2.05) is 6.92 Å². The van der Waals surface area contributed by atoms with Crippen LogP contribution in [-0.2, 0) is 0 Å². The molecule has 0 spiro atoms. The van der Waals surface area contributed by atoms with E-state index in [1.165, 1.54) is 18.0 Å². The number of hydrogen-bond donors (Lipinski definition) is 1. The quantitative estimate of drug-likeness (QED) is 0.761. The second-order valence-electron chi connectivity index (χ2n) is 3.16. The SMILES string of the molecule is CC(O)C(C)SCC(=O)c1ccco1. The fourth-order valence-electron chi connectivity index (χ4n) is 0.855. The summed E-state index contributed by atoms with van der Waals surface area (Å²) in [5.41, 5.74) is 0. The minimum atomic E-state index is -0.399. The van der Waals surface area contributed by atoms with E-state index >= 15 is 0 Å². The summed E-state index contributed by atoms with van der Waals surface area (Å²) in [4.78, 5) is 11.4. The molecule has 1 rings (SSSR count). The van der Waals surface area contributed by atoms with Gasteiger partial charge in [-0.1, -0.05) is 6.92 Å². The van der Waals surface area contributed by atoms with Crippen molar-refractivity contribution in [2.75, 3.05) is 5.75 Å². The number of aliphatic hydroxyl groups is 1. The van der Waals surface area contributed by atoms with Crippen molar-refractivity contribution < 1.29 is 14.3 Å². The Morgan fingerprint density at radius 2 is 2.36 bits per heavy atom. The van der Waals surface area contributed by atoms with E-state index in [9.17, 15) is 9.90 Å². The van der Waals surface area contributed by atoms with Gasteiger partial charge in [0.05, 0.1) is 18.1 Å². The molecular formula is C10H14O3S. The van der Waals surface area contributed by atoms with E-state index in [0.717, 1.165) is 0 Å². The molecule has 4 heteroatoms. The first-order valence-corrected chi connectivity index (χ1v) is 5.52. The third-order valence-corrected chi connectivity index (χ3v) is 3.30. The summed E-state index contributed by atoms with van der Waals surface area (Å²) >= 11 is 1.43. The smallest absolute Gasteiger partial charge is 0.207 e. The maximum atomic E-state index is 11.4. The molecule has 78 valence electrons. The van der Waals surface area contributed by atoms with Gasteiger partial charge in [0.1, 0.15) is 0 Å². The summed E-state index contributed by atoms with van der Waals surface area (Å²) in [6.45, 7) is 3.61. The van der Waals surface area contributed by atoms with Crippen LogP contribution in [0.2, 0.25) is 0 Å². The maximum absolute atomic E-state index is 11.4. The fraction of sp³-hybridized carbons (Fsp3) is 0.500. The van der Waals surface area contributed by atoms with Gasteiger partial charge in [-0.2, -0.15) is 0 Å². The molecule has 0 bridgehead atoms. The van der Waals surface area contributed by atoms with Crippen molar-refractivity contribution in [3.63, 3.8) is 0 Å². The van der Waals surface area contributed by atoms with Crippen molar-refractivity contribution >= 4 is 17.5 Å². The maximum Gasteiger partial charge on any atom is 0.207 e. The van der Waals surface area contributed by atoms with Gasteiger partial charge in [-0.25, -0.2) is 0 Å². The van der Waals surface area contributed by atoms with E-state index in [4.69, 9.17) is 4.42 Å². The van der Waals surface area contributed by atoms with Gasteiger partial charge >= 0.3 is 0 Å². The number of Topliss-reactive ketones (excluding diaryl/α,β-unsaturated/α-hetero) is 1. The lowest BCUT2D eigenvalue weighted by molar-refractivity contribution is 0.0992. The van der Waals surface area contributed by atoms with E-state index in [2.05, 4.69) is 0 Å². The van der Waals surface area contributed by atoms with Gasteiger partial charge in [-0.05, 0) is 19.1 Å². The third-order valence-electron chi connectivity index (χ3n) is 1.95. The number of thioether (sulfide) groups is 1. The number of furan rings is 1. The molecule has 1 N–H and O–H groups in total. The van der Waals surface area contributed by atoms with Crippen molar-refractivity contribution in [2.45, 2.75) is 25.2 Å². The Hall–Kier alpha value is -0.740. The Morgan fingerprint density at radius 3 is 2.86 bits per heavy atom. The Morgan fingerprint density at radius 1 is 1.64 bits per heavy atom. The second kappa shape index (κ2) is 5.22. The normalized spacial score (nSPS) is 15.1. The Balaban J connectivity index is 2.36. The molecule has 1 aromatic rings. The lowest BCUT2D eigenvalue weighted by atomic mass is 10.3. The number of rotatable bonds is 5. The van der Waals surface area contributed by atoms with Crippen LogP contribution in [0.25, 0.3) is 0 Å². The summed E-state index contributed by atoms with van der Waals surface area (Å²) in [6, 6.07) is 3.34. The molecule has 0 aromatic carbocycles. The summed E-state index contributed by atoms with van der Waals surface area (Å²) in [5.74, 6) is 0.697. The van der Waals surface area contributed by atoms with Crippen molar-refractivity contribution in [1.82, 2.24) is 0 Å². The van der Waals surface area contributed by atoms with Gasteiger partial charge in [0.25, 0.3) is 0 Å². The molecule has 0 aliphatic carbocycles. The highest BCUT2D eigenvalue weighted by Gasteiger charge is 2.14. The van der Waals surface area contributed by atoms with E-state index in [-0.39, 0.29) is 11.0 Å². The zero-order valence-corrected chi connectivity index (χ0v) is 9.08. The lowest BCUT2D eigenvalue weighted by Crippen LogP contribution is -2.17. The van der Waals surface area contributed by atoms with Gasteiger partial charge in [0.15, 0.2) is 5.76 Å². The monoisotopic (exact) mass is 214 g/mol. The van der Waals surface area contributed by atoms with Gasteiger partial charge in [-0.3, -0.25) is 4.79 Å². The highest BCUT2D eigenvalue weighted by atomic mass is 32.2. The fourth-order valence-corrected chi connectivity index (χ4v) is 1.69. The van der Waals surface area contributed by atoms with Crippen LogP contribution in [0.5, 0.6) is 0 Å². The Labute approximate surface area is 87.5 Å². The molecule has 2 unspecified atom stereocenters. The van der Waals surface area contributed by atoms with Crippen LogP contribution >= 0.6 is 11.8 Å². The average Bonchev–Trinajstić information content (AvgIpc) is 2.66. The van der Waals surface area contributed by atoms with E-state index in [0.29, 0.717) is 11.5 Å². The summed E-state index contributed by atoms with van der Waals surface area (Å²) in [7, 11) is 0. The van der Waals surface area contributed by atoms with Gasteiger partial charge < -0.3 is 9.52 Å². The Kier molecular flexibility index (Phi) is 4.22. The highest BCUT2D eigenvalue weighted by molar-refractivity contribution is 8.00. The van der Waals surface area contributed by atoms with Crippen LogP contribution in [-0.4, -0.2) is 28.0 Å². The van der Waals surface area contributed by atoms with Crippen LogP contribution in [0, 0.1) is 0 Å². The molecule has 3 nitrogen and oxygen atoms in total. The second-order valence-corrected chi connectivity index (χ2v) is 4.52. The first-order chi connectivity index (χ1) is 6.61. The summed E-state index contributed by atoms with van der Waals surface area (Å²) < 4.78 is 4.96. The minimum absolute atomic E-state index is 0.0347. The molecule has 0 aliphatic heterocycles. The summed E-state index contributed by atoms with van der Waals surface area (Å²) in [5, 5.41) is 9.27. The molecule has 1 heterocycles. The van der Waals surface area contributed by atoms with Crippen LogP contribution in [0.1, 0.15) is 24.4 Å². The molecule has 0 saturated carbocycles. The number of ketones is 1. The molecule has 0 fully saturated rings. The predicted octanol–water partition coefficient (Wildman–Crippen LogP) is 1.96. The standard InChI is InChI=1S/C10H14O3S/c1-7(11)8(2)14-6-9(12)10-4-3-5-13-10/h3-5,7-8,11H,6H2,1-2H3. The first-order valence-electron chi connectivity index (χ1n) is 4.47. The van der Waals surface area contributed by atoms with E-state index < -0.39 is 6.10 Å². The largest absolute Gasteiger partial charge is 0.461 e. The lowest BCUT2D eigenvalue weighted by Gasteiger charge is -2.12. The molecule has 0 radical (unpaired) electrons. The Bertz CT molecular complexity index is 280. The van der Waals surface area contributed by atoms with Gasteiger partial charge in [-0.15, -0.1) is 11.8 Å². The molecule has 0 amide bonds. The third kappa shape index (κ3) is 3.20. The topological polar surface area (TPSA) is 50.4 Å². The number of hydrogen-bond acceptors (Lipinski definition) is 4. The number of carbonyl (C=O) groups is 1. The van der Waals surface area contributed by atoms with Crippen LogP contribution in [0.3, 0.4) is 0 Å². The zero-order chi connectivity index (χ0) is 10.6. The molecule has 2 atom stereocenters. The van der Waals surface area contributed by atoms with Crippen LogP contribution in [0.15, 0.2) is 22.8 Å². The van der Waals surface area contributed by atoms with Crippen molar-refractivity contribution in [3.05, 3.63) is 24.2 Å². The molecule has 0 saturated heterocycles. The van der Waals surface area contributed by atoms with Gasteiger partial charge in [0, 0.05) is 5.25 Å². The molecule has 14 heavy (non-hydrogen) atoms. The minimum Gasteiger partial charge on any atom is -0.461 e. The summed E-state index contributed by atoms with van der Waals surface area (Å²) in [6.07, 6.45) is 1.08. The number of aliphatic hydroxyl groups excluding tert-OH is 1. The molecular weight excluding hydrogens is 200 g/mol. The number of carbonyl (C=O) groups excluding carboxylic acids is 1. The van der Waals surface area contributed by atoms with Crippen molar-refractivity contribution in [3.8, 4) is 0 Å².